The lowest BCUT2D eigenvalue weighted by molar-refractivity contribution is -0.577. The van der Waals surface area contributed by atoms with Crippen LogP contribution in [0, 0.1) is 5.21 Å². The van der Waals surface area contributed by atoms with Gasteiger partial charge in [-0.2, -0.15) is 4.73 Å². The summed E-state index contributed by atoms with van der Waals surface area (Å²) >= 11 is 0. The molecule has 0 bridgehead atoms. The van der Waals surface area contributed by atoms with Gasteiger partial charge in [0.05, 0.1) is 6.42 Å². The SMILES string of the molecule is O=C(O)Cc1ccc2c(ccc[n+]2[O-])c1. The minimum Gasteiger partial charge on any atom is -0.618 e. The maximum atomic E-state index is 11.3. The van der Waals surface area contributed by atoms with Crippen LogP contribution in [-0.4, -0.2) is 11.1 Å². The van der Waals surface area contributed by atoms with E-state index >= 15 is 0 Å². The van der Waals surface area contributed by atoms with Gasteiger partial charge in [-0.25, -0.2) is 0 Å². The molecule has 0 fully saturated rings. The van der Waals surface area contributed by atoms with Crippen molar-refractivity contribution in [3.05, 3.63) is 47.3 Å². The number of fused-ring (bicyclic) bond motifs is 1. The molecule has 0 aliphatic carbocycles. The first-order valence-corrected chi connectivity index (χ1v) is 4.49. The molecule has 0 saturated heterocycles. The van der Waals surface area contributed by atoms with Gasteiger partial charge in [0.1, 0.15) is 0 Å². The Balaban J connectivity index is 2.52. The number of hydrogen-bond acceptors (Lipinski definition) is 2. The van der Waals surface area contributed by atoms with Crippen LogP contribution in [0.25, 0.3) is 10.9 Å². The summed E-state index contributed by atoms with van der Waals surface area (Å²) in [6, 6.07) is 8.44. The van der Waals surface area contributed by atoms with E-state index in [0.29, 0.717) is 11.1 Å². The summed E-state index contributed by atoms with van der Waals surface area (Å²) in [6.45, 7) is 0. The van der Waals surface area contributed by atoms with Gasteiger partial charge in [-0.1, -0.05) is 6.07 Å². The maximum absolute atomic E-state index is 11.3. The van der Waals surface area contributed by atoms with Gasteiger partial charge in [-0.3, -0.25) is 4.79 Å². The van der Waals surface area contributed by atoms with Crippen molar-refractivity contribution in [1.82, 2.24) is 0 Å². The lowest BCUT2D eigenvalue weighted by Gasteiger charge is -2.02. The Hall–Kier alpha value is -2.10. The van der Waals surface area contributed by atoms with E-state index in [1.165, 1.54) is 6.20 Å². The predicted octanol–water partition coefficient (Wildman–Crippen LogP) is 1.10. The monoisotopic (exact) mass is 203 g/mol. The van der Waals surface area contributed by atoms with Crippen molar-refractivity contribution in [2.45, 2.75) is 6.42 Å². The van der Waals surface area contributed by atoms with E-state index < -0.39 is 5.97 Å². The molecule has 2 rings (SSSR count). The van der Waals surface area contributed by atoms with Crippen LogP contribution in [-0.2, 0) is 11.2 Å². The number of benzene rings is 1. The number of carbonyl (C=O) groups is 1. The van der Waals surface area contributed by atoms with Crippen LogP contribution < -0.4 is 4.73 Å². The van der Waals surface area contributed by atoms with Gasteiger partial charge in [0, 0.05) is 17.5 Å². The van der Waals surface area contributed by atoms with E-state index in [9.17, 15) is 10.0 Å². The molecule has 15 heavy (non-hydrogen) atoms. The first-order valence-electron chi connectivity index (χ1n) is 4.49. The number of pyridine rings is 1. The van der Waals surface area contributed by atoms with E-state index in [1.807, 2.05) is 0 Å². The van der Waals surface area contributed by atoms with Crippen molar-refractivity contribution in [3.63, 3.8) is 0 Å². The van der Waals surface area contributed by atoms with Gasteiger partial charge in [-0.15, -0.1) is 0 Å². The number of aromatic nitrogens is 1. The molecule has 0 aliphatic heterocycles. The standard InChI is InChI=1S/C11H9NO3/c13-11(14)7-8-3-4-10-9(6-8)2-1-5-12(10)15/h1-6H,7H2,(H,13,14). The number of aliphatic carboxylic acids is 1. The summed E-state index contributed by atoms with van der Waals surface area (Å²) in [6.07, 6.45) is 1.39. The molecule has 76 valence electrons. The molecule has 1 aromatic heterocycles. The van der Waals surface area contributed by atoms with E-state index in [2.05, 4.69) is 0 Å². The lowest BCUT2D eigenvalue weighted by atomic mass is 10.1. The molecule has 0 spiro atoms. The van der Waals surface area contributed by atoms with E-state index in [4.69, 9.17) is 5.11 Å². The third-order valence-electron chi connectivity index (χ3n) is 2.18. The fraction of sp³-hybridized carbons (Fsp3) is 0.0909. The fourth-order valence-electron chi connectivity index (χ4n) is 1.53. The Morgan fingerprint density at radius 3 is 2.93 bits per heavy atom. The molecule has 4 nitrogen and oxygen atoms in total. The van der Waals surface area contributed by atoms with Crippen molar-refractivity contribution in [2.75, 3.05) is 0 Å². The van der Waals surface area contributed by atoms with Crippen LogP contribution in [0.1, 0.15) is 5.56 Å². The molecule has 0 unspecified atom stereocenters. The molecule has 0 radical (unpaired) electrons. The first-order chi connectivity index (χ1) is 7.16. The average Bonchev–Trinajstić information content (AvgIpc) is 2.17. The molecule has 1 N–H and O–H groups in total. The van der Waals surface area contributed by atoms with Crippen molar-refractivity contribution >= 4 is 16.9 Å². The topological polar surface area (TPSA) is 64.2 Å². The Morgan fingerprint density at radius 1 is 1.40 bits per heavy atom. The normalized spacial score (nSPS) is 10.4. The number of rotatable bonds is 2. The number of nitrogens with zero attached hydrogens (tertiary/aromatic N) is 1. The fourth-order valence-corrected chi connectivity index (χ4v) is 1.53. The van der Waals surface area contributed by atoms with Crippen LogP contribution in [0.2, 0.25) is 0 Å². The second kappa shape index (κ2) is 3.57. The third-order valence-corrected chi connectivity index (χ3v) is 2.18. The number of hydrogen-bond donors (Lipinski definition) is 1. The second-order valence-electron chi connectivity index (χ2n) is 3.30. The van der Waals surface area contributed by atoms with E-state index in [0.717, 1.165) is 10.1 Å². The van der Waals surface area contributed by atoms with Crippen molar-refractivity contribution in [1.29, 1.82) is 0 Å². The van der Waals surface area contributed by atoms with E-state index in [1.54, 1.807) is 30.3 Å². The smallest absolute Gasteiger partial charge is 0.307 e. The average molecular weight is 203 g/mol. The van der Waals surface area contributed by atoms with E-state index in [-0.39, 0.29) is 6.42 Å². The molecule has 4 heteroatoms. The van der Waals surface area contributed by atoms with Gasteiger partial charge in [0.2, 0.25) is 5.52 Å². The minimum absolute atomic E-state index is 0.0241. The zero-order chi connectivity index (χ0) is 10.8. The van der Waals surface area contributed by atoms with Crippen LogP contribution in [0.15, 0.2) is 36.5 Å². The summed E-state index contributed by atoms with van der Waals surface area (Å²) in [5.74, 6) is -0.875. The van der Waals surface area contributed by atoms with Crippen LogP contribution in [0.5, 0.6) is 0 Å². The van der Waals surface area contributed by atoms with Crippen molar-refractivity contribution in [2.24, 2.45) is 0 Å². The number of carboxylic acids is 1. The van der Waals surface area contributed by atoms with Gasteiger partial charge < -0.3 is 10.3 Å². The second-order valence-corrected chi connectivity index (χ2v) is 3.30. The van der Waals surface area contributed by atoms with Gasteiger partial charge in [-0.05, 0) is 17.7 Å². The lowest BCUT2D eigenvalue weighted by Crippen LogP contribution is -2.25. The van der Waals surface area contributed by atoms with Gasteiger partial charge >= 0.3 is 5.97 Å². The summed E-state index contributed by atoms with van der Waals surface area (Å²) in [5.41, 5.74) is 1.24. The molecule has 2 aromatic rings. The third kappa shape index (κ3) is 1.88. The largest absolute Gasteiger partial charge is 0.618 e. The Morgan fingerprint density at radius 2 is 2.20 bits per heavy atom. The highest BCUT2D eigenvalue weighted by molar-refractivity contribution is 5.78. The first kappa shape index (κ1) is 9.45. The molecule has 0 saturated carbocycles. The van der Waals surface area contributed by atoms with Crippen molar-refractivity contribution in [3.8, 4) is 0 Å². The zero-order valence-corrected chi connectivity index (χ0v) is 7.88. The summed E-state index contributed by atoms with van der Waals surface area (Å²) < 4.78 is 0.764. The minimum atomic E-state index is -0.875. The van der Waals surface area contributed by atoms with Crippen LogP contribution in [0.4, 0.5) is 0 Å². The molecular formula is C11H9NO3. The highest BCUT2D eigenvalue weighted by atomic mass is 16.5. The summed E-state index contributed by atoms with van der Waals surface area (Å²) in [7, 11) is 0. The highest BCUT2D eigenvalue weighted by Gasteiger charge is 2.05. The molecule has 0 amide bonds. The van der Waals surface area contributed by atoms with Crippen molar-refractivity contribution < 1.29 is 14.6 Å². The summed E-state index contributed by atoms with van der Waals surface area (Å²) in [4.78, 5) is 10.5. The Bertz CT molecular complexity index is 522. The van der Waals surface area contributed by atoms with Gasteiger partial charge in [0.15, 0.2) is 6.20 Å². The Labute approximate surface area is 86.0 Å². The number of carboxylic acid groups (broad SMARTS) is 1. The van der Waals surface area contributed by atoms with Crippen LogP contribution >= 0.6 is 0 Å². The quantitative estimate of drug-likeness (QED) is 0.587. The molecule has 1 aromatic carbocycles. The highest BCUT2D eigenvalue weighted by Crippen LogP contribution is 2.12. The molecular weight excluding hydrogens is 194 g/mol. The van der Waals surface area contributed by atoms with Gasteiger partial charge in [0.25, 0.3) is 0 Å². The zero-order valence-electron chi connectivity index (χ0n) is 7.88. The summed E-state index contributed by atoms with van der Waals surface area (Å²) in [5, 5.41) is 20.7. The Kier molecular flexibility index (Phi) is 2.25. The van der Waals surface area contributed by atoms with Crippen LogP contribution in [0.3, 0.4) is 0 Å². The predicted molar refractivity (Wildman–Crippen MR) is 54.2 cm³/mol. The molecule has 0 atom stereocenters. The molecule has 1 heterocycles. The maximum Gasteiger partial charge on any atom is 0.307 e. The molecule has 0 aliphatic rings.